The highest BCUT2D eigenvalue weighted by atomic mass is 31.2. The van der Waals surface area contributed by atoms with Crippen LogP contribution in [0.5, 0.6) is 0 Å². The molecule has 19 heteroatoms. The molecule has 0 saturated carbocycles. The fourth-order valence-electron chi connectivity index (χ4n) is 10.1. The van der Waals surface area contributed by atoms with Gasteiger partial charge in [0.15, 0.2) is 12.2 Å². The van der Waals surface area contributed by atoms with Crippen molar-refractivity contribution in [2.45, 2.75) is 350 Å². The van der Waals surface area contributed by atoms with Crippen molar-refractivity contribution in [2.75, 3.05) is 39.6 Å². The Morgan fingerprint density at radius 2 is 0.552 bits per heavy atom. The molecule has 0 aliphatic rings. The minimum atomic E-state index is -4.95. The van der Waals surface area contributed by atoms with E-state index in [4.69, 9.17) is 37.0 Å². The predicted molar refractivity (Wildman–Crippen MR) is 349 cm³/mol. The molecule has 17 nitrogen and oxygen atoms in total. The zero-order valence-corrected chi connectivity index (χ0v) is 58.4. The molecule has 7 atom stereocenters. The molecule has 0 aromatic rings. The van der Waals surface area contributed by atoms with E-state index in [-0.39, 0.29) is 25.7 Å². The maximum Gasteiger partial charge on any atom is 0.472 e. The van der Waals surface area contributed by atoms with E-state index in [1.807, 2.05) is 0 Å². The summed E-state index contributed by atoms with van der Waals surface area (Å²) >= 11 is 0. The van der Waals surface area contributed by atoms with Gasteiger partial charge in [-0.05, 0) is 49.4 Å². The van der Waals surface area contributed by atoms with Crippen LogP contribution in [0.4, 0.5) is 0 Å². The molecular weight excluding hydrogens is 1150 g/mol. The summed E-state index contributed by atoms with van der Waals surface area (Å²) in [6.45, 7) is 14.0. The number of aliphatic hydroxyl groups is 1. The summed E-state index contributed by atoms with van der Waals surface area (Å²) in [6, 6.07) is 0. The first-order valence-corrected chi connectivity index (χ1v) is 38.3. The number of unbranched alkanes of at least 4 members (excludes halogenated alkanes) is 29. The van der Waals surface area contributed by atoms with Crippen LogP contribution in [-0.4, -0.2) is 96.7 Å². The molecule has 0 aromatic heterocycles. The summed E-state index contributed by atoms with van der Waals surface area (Å²) in [4.78, 5) is 72.4. The number of esters is 4. The van der Waals surface area contributed by atoms with Crippen LogP contribution in [0.15, 0.2) is 0 Å². The van der Waals surface area contributed by atoms with Gasteiger partial charge in [-0.2, -0.15) is 0 Å². The first-order valence-electron chi connectivity index (χ1n) is 35.3. The summed E-state index contributed by atoms with van der Waals surface area (Å²) < 4.78 is 68.2. The first-order chi connectivity index (χ1) is 41.7. The standard InChI is InChI=1S/C68H132O17P2/c1-9-60(7)46-38-30-22-17-18-24-34-42-50-67(72)84-63(54-78-65(70)48-40-32-23-16-14-12-11-13-15-20-28-36-44-58(3)4)56-82-86(74,75)80-52-62(69)53-81-87(76,77)83-57-64(85-68(73)51-43-35-25-19-21-29-37-45-59(5)6)55-79-66(71)49-41-33-27-26-31-39-47-61(8)10-2/h58-64,69H,9-57H2,1-8H3,(H,74,75)(H,76,77)/t60?,61?,62-,63-,64-/m1/s1. The maximum absolute atomic E-state index is 13.0. The van der Waals surface area contributed by atoms with E-state index in [0.717, 1.165) is 114 Å². The molecule has 0 spiro atoms. The van der Waals surface area contributed by atoms with Crippen molar-refractivity contribution in [1.82, 2.24) is 0 Å². The third kappa shape index (κ3) is 60.1. The van der Waals surface area contributed by atoms with Crippen molar-refractivity contribution in [3.63, 3.8) is 0 Å². The Morgan fingerprint density at radius 1 is 0.322 bits per heavy atom. The van der Waals surface area contributed by atoms with Gasteiger partial charge in [-0.15, -0.1) is 0 Å². The SMILES string of the molecule is CCC(C)CCCCCCCCCCC(=O)O[C@H](COC(=O)CCCCCCCCCCCCCCC(C)C)COP(=O)(O)OC[C@@H](O)COP(=O)(O)OC[C@@H](COC(=O)CCCCCCCCC(C)CC)OC(=O)CCCCCCCCCC(C)C. The highest BCUT2D eigenvalue weighted by molar-refractivity contribution is 7.47. The fraction of sp³-hybridized carbons (Fsp3) is 0.941. The van der Waals surface area contributed by atoms with Crippen LogP contribution in [0.25, 0.3) is 0 Å². The Kier molecular flexibility index (Phi) is 56.6. The average Bonchev–Trinajstić information content (AvgIpc) is 3.68. The van der Waals surface area contributed by atoms with Gasteiger partial charge in [0.2, 0.25) is 0 Å². The normalized spacial score (nSPS) is 15.0. The molecule has 0 aromatic carbocycles. The van der Waals surface area contributed by atoms with Crippen molar-refractivity contribution in [2.24, 2.45) is 23.7 Å². The Labute approximate surface area is 530 Å². The van der Waals surface area contributed by atoms with Crippen LogP contribution < -0.4 is 0 Å². The Balaban J connectivity index is 5.25. The number of carbonyl (C=O) groups excluding carboxylic acids is 4. The van der Waals surface area contributed by atoms with Gasteiger partial charge in [-0.1, -0.05) is 280 Å². The molecule has 0 fully saturated rings. The molecule has 0 heterocycles. The number of carbonyl (C=O) groups is 4. The Morgan fingerprint density at radius 3 is 0.816 bits per heavy atom. The van der Waals surface area contributed by atoms with Gasteiger partial charge < -0.3 is 33.8 Å². The molecule has 0 radical (unpaired) electrons. The number of phosphoric acid groups is 2. The lowest BCUT2D eigenvalue weighted by Gasteiger charge is -2.21. The maximum atomic E-state index is 13.0. The number of ether oxygens (including phenoxy) is 4. The second kappa shape index (κ2) is 57.9. The molecule has 516 valence electrons. The Bertz CT molecular complexity index is 1730. The molecule has 87 heavy (non-hydrogen) atoms. The van der Waals surface area contributed by atoms with Crippen molar-refractivity contribution in [3.8, 4) is 0 Å². The second-order valence-electron chi connectivity index (χ2n) is 26.0. The van der Waals surface area contributed by atoms with Gasteiger partial charge in [-0.25, -0.2) is 9.13 Å². The van der Waals surface area contributed by atoms with Crippen LogP contribution in [-0.2, 0) is 65.4 Å². The lowest BCUT2D eigenvalue weighted by Crippen LogP contribution is -2.30. The molecule has 3 N–H and O–H groups in total. The van der Waals surface area contributed by atoms with Crippen molar-refractivity contribution >= 4 is 39.5 Å². The Hall–Kier alpha value is -1.94. The van der Waals surface area contributed by atoms with E-state index >= 15 is 0 Å². The summed E-state index contributed by atoms with van der Waals surface area (Å²) in [7, 11) is -9.90. The van der Waals surface area contributed by atoms with Crippen molar-refractivity contribution in [1.29, 1.82) is 0 Å². The van der Waals surface area contributed by atoms with Gasteiger partial charge >= 0.3 is 39.5 Å². The van der Waals surface area contributed by atoms with E-state index in [9.17, 15) is 43.2 Å². The third-order valence-corrected chi connectivity index (χ3v) is 18.2. The fourth-order valence-corrected chi connectivity index (χ4v) is 11.7. The average molecular weight is 1280 g/mol. The van der Waals surface area contributed by atoms with Gasteiger partial charge in [0.05, 0.1) is 26.4 Å². The number of rotatable bonds is 65. The molecule has 0 saturated heterocycles. The topological polar surface area (TPSA) is 237 Å². The van der Waals surface area contributed by atoms with Gasteiger partial charge in [-0.3, -0.25) is 37.3 Å². The highest BCUT2D eigenvalue weighted by Gasteiger charge is 2.30. The smallest absolute Gasteiger partial charge is 0.462 e. The zero-order valence-electron chi connectivity index (χ0n) is 56.6. The summed E-state index contributed by atoms with van der Waals surface area (Å²) in [5, 5.41) is 10.6. The molecule has 0 bridgehead atoms. The second-order valence-corrected chi connectivity index (χ2v) is 28.9. The summed E-state index contributed by atoms with van der Waals surface area (Å²) in [5.74, 6) is 0.842. The zero-order chi connectivity index (χ0) is 64.7. The van der Waals surface area contributed by atoms with Gasteiger partial charge in [0.25, 0.3) is 0 Å². The van der Waals surface area contributed by atoms with E-state index < -0.39 is 97.5 Å². The van der Waals surface area contributed by atoms with Crippen molar-refractivity contribution < 1.29 is 80.2 Å². The quantitative estimate of drug-likeness (QED) is 0.0222. The number of aliphatic hydroxyl groups excluding tert-OH is 1. The van der Waals surface area contributed by atoms with Crippen LogP contribution in [0.3, 0.4) is 0 Å². The minimum absolute atomic E-state index is 0.102. The number of hydrogen-bond donors (Lipinski definition) is 3. The highest BCUT2D eigenvalue weighted by Crippen LogP contribution is 2.45. The number of hydrogen-bond acceptors (Lipinski definition) is 15. The van der Waals surface area contributed by atoms with Gasteiger partial charge in [0, 0.05) is 25.7 Å². The monoisotopic (exact) mass is 1280 g/mol. The largest absolute Gasteiger partial charge is 0.472 e. The van der Waals surface area contributed by atoms with Crippen LogP contribution >= 0.6 is 15.6 Å². The summed E-state index contributed by atoms with van der Waals surface area (Å²) in [5.41, 5.74) is 0. The minimum Gasteiger partial charge on any atom is -0.462 e. The predicted octanol–water partition coefficient (Wildman–Crippen LogP) is 18.9. The molecular formula is C68H132O17P2. The van der Waals surface area contributed by atoms with E-state index in [1.54, 1.807) is 0 Å². The third-order valence-electron chi connectivity index (χ3n) is 16.3. The first kappa shape index (κ1) is 85.1. The van der Waals surface area contributed by atoms with E-state index in [1.165, 1.54) is 128 Å². The van der Waals surface area contributed by atoms with Crippen molar-refractivity contribution in [3.05, 3.63) is 0 Å². The van der Waals surface area contributed by atoms with Crippen LogP contribution in [0, 0.1) is 23.7 Å². The van der Waals surface area contributed by atoms with Gasteiger partial charge in [0.1, 0.15) is 19.3 Å². The number of phosphoric ester groups is 2. The van der Waals surface area contributed by atoms with Crippen LogP contribution in [0.1, 0.15) is 331 Å². The summed E-state index contributed by atoms with van der Waals surface area (Å²) in [6.07, 6.45) is 39.0. The van der Waals surface area contributed by atoms with E-state index in [0.29, 0.717) is 31.6 Å². The van der Waals surface area contributed by atoms with E-state index in [2.05, 4.69) is 55.4 Å². The molecule has 0 amide bonds. The lowest BCUT2D eigenvalue weighted by atomic mass is 9.99. The molecule has 4 unspecified atom stereocenters. The molecule has 0 rings (SSSR count). The lowest BCUT2D eigenvalue weighted by molar-refractivity contribution is -0.161. The molecule has 0 aliphatic carbocycles. The van der Waals surface area contributed by atoms with Crippen LogP contribution in [0.2, 0.25) is 0 Å². The molecule has 0 aliphatic heterocycles.